The first kappa shape index (κ1) is 12.4. The number of aliphatic hydroxyl groups is 1. The Morgan fingerprint density at radius 1 is 1.41 bits per heavy atom. The summed E-state index contributed by atoms with van der Waals surface area (Å²) >= 11 is 0. The van der Waals surface area contributed by atoms with Gasteiger partial charge in [0.15, 0.2) is 0 Å². The van der Waals surface area contributed by atoms with Crippen LogP contribution in [0.25, 0.3) is 0 Å². The van der Waals surface area contributed by atoms with Gasteiger partial charge < -0.3 is 14.7 Å². The molecule has 0 aliphatic carbocycles. The number of rotatable bonds is 5. The van der Waals surface area contributed by atoms with Gasteiger partial charge in [-0.25, -0.2) is 0 Å². The third kappa shape index (κ3) is 3.45. The minimum atomic E-state index is -0.241. The number of aliphatic hydroxyl groups excluding tert-OH is 1. The highest BCUT2D eigenvalue weighted by atomic mass is 16.5. The second kappa shape index (κ2) is 5.52. The number of likely N-dealkylation sites (N-methyl/N-ethyl adjacent to an activating group) is 1. The molecule has 3 heteroatoms. The molecule has 1 atom stereocenters. The molecule has 1 unspecified atom stereocenters. The van der Waals surface area contributed by atoms with Crippen molar-refractivity contribution in [3.63, 3.8) is 0 Å². The lowest BCUT2D eigenvalue weighted by molar-refractivity contribution is 0.128. The average molecular weight is 235 g/mol. The van der Waals surface area contributed by atoms with Crippen LogP contribution in [0.3, 0.4) is 0 Å². The van der Waals surface area contributed by atoms with Gasteiger partial charge in [0.25, 0.3) is 0 Å². The zero-order valence-corrected chi connectivity index (χ0v) is 10.6. The molecule has 0 amide bonds. The molecule has 1 N–H and O–H groups in total. The molecule has 1 aromatic carbocycles. The lowest BCUT2D eigenvalue weighted by Gasteiger charge is -2.15. The predicted octanol–water partition coefficient (Wildman–Crippen LogP) is 1.48. The fraction of sp³-hybridized carbons (Fsp3) is 0.571. The van der Waals surface area contributed by atoms with Crippen LogP contribution in [0, 0.1) is 0 Å². The summed E-state index contributed by atoms with van der Waals surface area (Å²) in [5, 5.41) is 9.81. The molecule has 0 saturated carbocycles. The highest BCUT2D eigenvalue weighted by Crippen LogP contribution is 2.26. The summed E-state index contributed by atoms with van der Waals surface area (Å²) in [4.78, 5) is 2.02. The van der Waals surface area contributed by atoms with Crippen LogP contribution in [0.2, 0.25) is 0 Å². The smallest absolute Gasteiger partial charge is 0.122 e. The molecule has 1 aromatic rings. The molecule has 0 saturated heterocycles. The van der Waals surface area contributed by atoms with Gasteiger partial charge in [0.05, 0.1) is 12.7 Å². The number of fused-ring (bicyclic) bond motifs is 1. The first-order chi connectivity index (χ1) is 8.15. The second-order valence-corrected chi connectivity index (χ2v) is 5.00. The van der Waals surface area contributed by atoms with Crippen molar-refractivity contribution in [3.05, 3.63) is 29.3 Å². The van der Waals surface area contributed by atoms with Crippen LogP contribution in [0.5, 0.6) is 5.75 Å². The quantitative estimate of drug-likeness (QED) is 0.839. The monoisotopic (exact) mass is 235 g/mol. The summed E-state index contributed by atoms with van der Waals surface area (Å²) in [7, 11) is 3.96. The van der Waals surface area contributed by atoms with Crippen molar-refractivity contribution >= 4 is 0 Å². The van der Waals surface area contributed by atoms with Crippen LogP contribution in [0.15, 0.2) is 18.2 Å². The molecule has 0 radical (unpaired) electrons. The van der Waals surface area contributed by atoms with Gasteiger partial charge in [-0.15, -0.1) is 0 Å². The number of nitrogens with zero attached hydrogens (tertiary/aromatic N) is 1. The van der Waals surface area contributed by atoms with Crippen molar-refractivity contribution < 1.29 is 9.84 Å². The van der Waals surface area contributed by atoms with Gasteiger partial charge in [0.1, 0.15) is 5.75 Å². The zero-order chi connectivity index (χ0) is 12.3. The van der Waals surface area contributed by atoms with E-state index in [2.05, 4.69) is 18.2 Å². The molecule has 0 spiro atoms. The molecule has 3 nitrogen and oxygen atoms in total. The maximum absolute atomic E-state index is 9.81. The lowest BCUT2D eigenvalue weighted by atomic mass is 10.0. The molecule has 1 heterocycles. The van der Waals surface area contributed by atoms with E-state index in [1.165, 1.54) is 11.1 Å². The number of ether oxygens (including phenoxy) is 1. The van der Waals surface area contributed by atoms with Crippen LogP contribution in [0.4, 0.5) is 0 Å². The molecule has 0 bridgehead atoms. The summed E-state index contributed by atoms with van der Waals surface area (Å²) in [6.07, 6.45) is 2.53. The Bertz CT molecular complexity index is 376. The minimum absolute atomic E-state index is 0.241. The fourth-order valence-electron chi connectivity index (χ4n) is 2.24. The Hall–Kier alpha value is -1.06. The Kier molecular flexibility index (Phi) is 4.02. The Morgan fingerprint density at radius 2 is 2.24 bits per heavy atom. The van der Waals surface area contributed by atoms with E-state index in [0.717, 1.165) is 38.2 Å². The molecule has 94 valence electrons. The second-order valence-electron chi connectivity index (χ2n) is 5.00. The molecule has 0 fully saturated rings. The van der Waals surface area contributed by atoms with Crippen LogP contribution in [-0.4, -0.2) is 43.4 Å². The van der Waals surface area contributed by atoms with Crippen molar-refractivity contribution in [2.45, 2.75) is 25.4 Å². The van der Waals surface area contributed by atoms with E-state index in [9.17, 15) is 5.11 Å². The zero-order valence-electron chi connectivity index (χ0n) is 10.6. The highest BCUT2D eigenvalue weighted by Gasteiger charge is 2.12. The molecule has 1 aliphatic rings. The van der Waals surface area contributed by atoms with E-state index in [1.54, 1.807) is 0 Å². The maximum atomic E-state index is 9.81. The number of aryl methyl sites for hydroxylation is 1. The van der Waals surface area contributed by atoms with Gasteiger partial charge in [-0.3, -0.25) is 0 Å². The van der Waals surface area contributed by atoms with Gasteiger partial charge in [0, 0.05) is 13.0 Å². The summed E-state index contributed by atoms with van der Waals surface area (Å²) in [5.41, 5.74) is 2.61. The Balaban J connectivity index is 1.87. The minimum Gasteiger partial charge on any atom is -0.493 e. The van der Waals surface area contributed by atoms with E-state index in [0.29, 0.717) is 0 Å². The van der Waals surface area contributed by atoms with Crippen LogP contribution >= 0.6 is 0 Å². The number of hydrogen-bond donors (Lipinski definition) is 1. The Morgan fingerprint density at radius 3 is 3.00 bits per heavy atom. The van der Waals surface area contributed by atoms with Crippen molar-refractivity contribution in [1.82, 2.24) is 4.90 Å². The molecule has 2 rings (SSSR count). The van der Waals surface area contributed by atoms with Crippen LogP contribution in [0.1, 0.15) is 17.5 Å². The summed E-state index contributed by atoms with van der Waals surface area (Å²) in [6.45, 7) is 1.54. The normalized spacial score (nSPS) is 15.8. The summed E-state index contributed by atoms with van der Waals surface area (Å²) < 4.78 is 5.48. The van der Waals surface area contributed by atoms with Crippen molar-refractivity contribution in [1.29, 1.82) is 0 Å². The first-order valence-corrected chi connectivity index (χ1v) is 6.22. The van der Waals surface area contributed by atoms with Crippen molar-refractivity contribution in [2.75, 3.05) is 27.2 Å². The predicted molar refractivity (Wildman–Crippen MR) is 68.5 cm³/mol. The summed E-state index contributed by atoms with van der Waals surface area (Å²) in [6, 6.07) is 6.37. The Labute approximate surface area is 103 Å². The van der Waals surface area contributed by atoms with Gasteiger partial charge in [-0.2, -0.15) is 0 Å². The number of hydrogen-bond acceptors (Lipinski definition) is 3. The van der Waals surface area contributed by atoms with E-state index in [-0.39, 0.29) is 6.10 Å². The lowest BCUT2D eigenvalue weighted by Crippen LogP contribution is -2.26. The van der Waals surface area contributed by atoms with Crippen molar-refractivity contribution in [2.24, 2.45) is 0 Å². The third-order valence-electron chi connectivity index (χ3n) is 3.10. The topological polar surface area (TPSA) is 32.7 Å². The van der Waals surface area contributed by atoms with E-state index < -0.39 is 0 Å². The molecular weight excluding hydrogens is 214 g/mol. The summed E-state index contributed by atoms with van der Waals surface area (Å²) in [5.74, 6) is 1.03. The SMILES string of the molecule is CN(C)CC(O)CCc1ccc2c(c1)CCO2. The van der Waals surface area contributed by atoms with Crippen molar-refractivity contribution in [3.8, 4) is 5.75 Å². The molecular formula is C14H21NO2. The average Bonchev–Trinajstić information content (AvgIpc) is 2.72. The van der Waals surface area contributed by atoms with Gasteiger partial charge in [0.2, 0.25) is 0 Å². The molecule has 0 aromatic heterocycles. The maximum Gasteiger partial charge on any atom is 0.122 e. The van der Waals surface area contributed by atoms with Gasteiger partial charge in [-0.1, -0.05) is 12.1 Å². The first-order valence-electron chi connectivity index (χ1n) is 6.22. The van der Waals surface area contributed by atoms with E-state index >= 15 is 0 Å². The third-order valence-corrected chi connectivity index (χ3v) is 3.10. The number of benzene rings is 1. The largest absolute Gasteiger partial charge is 0.493 e. The van der Waals surface area contributed by atoms with E-state index in [4.69, 9.17) is 4.74 Å². The fourth-order valence-corrected chi connectivity index (χ4v) is 2.24. The standard InChI is InChI=1S/C14H21NO2/c1-15(2)10-13(16)5-3-11-4-6-14-12(9-11)7-8-17-14/h4,6,9,13,16H,3,5,7-8,10H2,1-2H3. The molecule has 1 aliphatic heterocycles. The van der Waals surface area contributed by atoms with Gasteiger partial charge >= 0.3 is 0 Å². The van der Waals surface area contributed by atoms with Gasteiger partial charge in [-0.05, 0) is 44.1 Å². The molecule has 17 heavy (non-hydrogen) atoms. The van der Waals surface area contributed by atoms with E-state index in [1.807, 2.05) is 19.0 Å². The van der Waals surface area contributed by atoms with Crippen LogP contribution in [-0.2, 0) is 12.8 Å². The highest BCUT2D eigenvalue weighted by molar-refractivity contribution is 5.39. The van der Waals surface area contributed by atoms with Crippen LogP contribution < -0.4 is 4.74 Å².